The van der Waals surface area contributed by atoms with Crippen LogP contribution >= 0.6 is 11.3 Å². The number of ether oxygens (including phenoxy) is 1. The van der Waals surface area contributed by atoms with E-state index in [1.54, 1.807) is 0 Å². The van der Waals surface area contributed by atoms with E-state index in [1.807, 2.05) is 49.4 Å². The fourth-order valence-corrected chi connectivity index (χ4v) is 6.19. The zero-order valence-corrected chi connectivity index (χ0v) is 20.9. The minimum absolute atomic E-state index is 0.0610. The van der Waals surface area contributed by atoms with Gasteiger partial charge in [0.05, 0.1) is 18.7 Å². The zero-order valence-electron chi connectivity index (χ0n) is 20.1. The van der Waals surface area contributed by atoms with Crippen molar-refractivity contribution in [1.82, 2.24) is 10.2 Å². The minimum atomic E-state index is 0.0610. The molecule has 1 aliphatic heterocycles. The van der Waals surface area contributed by atoms with Gasteiger partial charge in [0.1, 0.15) is 5.75 Å². The number of nitrogens with zero attached hydrogens (tertiary/aromatic N) is 1. The monoisotopic (exact) mass is 462 g/mol. The summed E-state index contributed by atoms with van der Waals surface area (Å²) in [6, 6.07) is 18.7. The van der Waals surface area contributed by atoms with Crippen LogP contribution in [-0.4, -0.2) is 30.0 Å². The van der Waals surface area contributed by atoms with Crippen LogP contribution in [0.25, 0.3) is 0 Å². The molecular formula is C28H34N2O2S. The summed E-state index contributed by atoms with van der Waals surface area (Å²) in [6.45, 7) is 10.3. The summed E-state index contributed by atoms with van der Waals surface area (Å²) >= 11 is 1.91. The number of rotatable bonds is 8. The quantitative estimate of drug-likeness (QED) is 0.469. The Kier molecular flexibility index (Phi) is 7.51. The molecule has 1 amide bonds. The first-order chi connectivity index (χ1) is 16.0. The van der Waals surface area contributed by atoms with Crippen LogP contribution in [-0.2, 0) is 24.2 Å². The highest BCUT2D eigenvalue weighted by atomic mass is 32.1. The Bertz CT molecular complexity index is 1070. The van der Waals surface area contributed by atoms with Gasteiger partial charge < -0.3 is 10.1 Å². The Balaban J connectivity index is 1.46. The summed E-state index contributed by atoms with van der Waals surface area (Å²) in [4.78, 5) is 18.1. The molecule has 0 spiro atoms. The minimum Gasteiger partial charge on any atom is -0.491 e. The summed E-state index contributed by atoms with van der Waals surface area (Å²) in [5.74, 6) is 0.915. The van der Waals surface area contributed by atoms with E-state index < -0.39 is 0 Å². The van der Waals surface area contributed by atoms with E-state index in [4.69, 9.17) is 4.74 Å². The number of nitrogens with one attached hydrogen (secondary N) is 1. The van der Waals surface area contributed by atoms with Crippen molar-refractivity contribution in [3.8, 4) is 5.75 Å². The first kappa shape index (κ1) is 23.5. The third-order valence-corrected chi connectivity index (χ3v) is 7.45. The topological polar surface area (TPSA) is 41.6 Å². The zero-order chi connectivity index (χ0) is 23.4. The lowest BCUT2D eigenvalue weighted by Gasteiger charge is -2.36. The molecule has 2 aromatic carbocycles. The Morgan fingerprint density at radius 1 is 1.15 bits per heavy atom. The SMILES string of the molecule is CCc1c(C)sc2c1CCN(CC(=O)NCc1ccc(OC(C)C)cc1)[C@H]2c1ccccc1. The van der Waals surface area contributed by atoms with E-state index in [0.29, 0.717) is 13.1 Å². The third-order valence-electron chi connectivity index (χ3n) is 6.21. The van der Waals surface area contributed by atoms with E-state index in [1.165, 1.54) is 26.4 Å². The third kappa shape index (κ3) is 5.48. The predicted octanol–water partition coefficient (Wildman–Crippen LogP) is 5.67. The lowest BCUT2D eigenvalue weighted by atomic mass is 9.91. The van der Waals surface area contributed by atoms with Crippen molar-refractivity contribution in [3.05, 3.63) is 86.6 Å². The highest BCUT2D eigenvalue weighted by Crippen LogP contribution is 2.42. The summed E-state index contributed by atoms with van der Waals surface area (Å²) < 4.78 is 5.70. The fraction of sp³-hybridized carbons (Fsp3) is 0.393. The summed E-state index contributed by atoms with van der Waals surface area (Å²) in [6.07, 6.45) is 2.23. The van der Waals surface area contributed by atoms with Gasteiger partial charge in [-0.15, -0.1) is 11.3 Å². The van der Waals surface area contributed by atoms with Crippen molar-refractivity contribution in [2.45, 2.75) is 59.2 Å². The van der Waals surface area contributed by atoms with E-state index in [9.17, 15) is 4.79 Å². The van der Waals surface area contributed by atoms with E-state index in [-0.39, 0.29) is 18.1 Å². The van der Waals surface area contributed by atoms with Crippen LogP contribution in [0.5, 0.6) is 5.75 Å². The maximum Gasteiger partial charge on any atom is 0.234 e. The molecule has 0 aliphatic carbocycles. The second-order valence-electron chi connectivity index (χ2n) is 8.95. The molecule has 0 radical (unpaired) electrons. The second kappa shape index (κ2) is 10.5. The van der Waals surface area contributed by atoms with Crippen LogP contribution in [0.4, 0.5) is 0 Å². The standard InChI is InChI=1S/C28H34N2O2S/c1-5-24-20(4)33-28-25(24)15-16-30(27(28)22-9-7-6-8-10-22)18-26(31)29-17-21-11-13-23(14-12-21)32-19(2)3/h6-14,19,27H,5,15-18H2,1-4H3,(H,29,31)/t27-/m0/s1. The van der Waals surface area contributed by atoms with Gasteiger partial charge in [-0.3, -0.25) is 9.69 Å². The molecule has 0 unspecified atom stereocenters. The van der Waals surface area contributed by atoms with Gasteiger partial charge in [-0.1, -0.05) is 49.4 Å². The number of hydrogen-bond acceptors (Lipinski definition) is 4. The maximum atomic E-state index is 12.9. The Morgan fingerprint density at radius 2 is 1.88 bits per heavy atom. The molecule has 1 atom stereocenters. The van der Waals surface area contributed by atoms with Crippen LogP contribution in [0.3, 0.4) is 0 Å². The predicted molar refractivity (Wildman–Crippen MR) is 136 cm³/mol. The number of carbonyl (C=O) groups is 1. The molecular weight excluding hydrogens is 428 g/mol. The number of aryl methyl sites for hydroxylation is 1. The average Bonchev–Trinajstić information content (AvgIpc) is 3.13. The van der Waals surface area contributed by atoms with Crippen LogP contribution in [0.1, 0.15) is 58.8 Å². The van der Waals surface area contributed by atoms with Crippen LogP contribution in [0.2, 0.25) is 0 Å². The van der Waals surface area contributed by atoms with Gasteiger partial charge in [0, 0.05) is 22.8 Å². The smallest absolute Gasteiger partial charge is 0.234 e. The molecule has 1 N–H and O–H groups in total. The van der Waals surface area contributed by atoms with Crippen LogP contribution in [0, 0.1) is 6.92 Å². The number of carbonyl (C=O) groups excluding carboxylic acids is 1. The number of fused-ring (bicyclic) bond motifs is 1. The van der Waals surface area contributed by atoms with Crippen molar-refractivity contribution in [2.75, 3.05) is 13.1 Å². The summed E-state index contributed by atoms with van der Waals surface area (Å²) in [5, 5.41) is 3.11. The Morgan fingerprint density at radius 3 is 2.55 bits per heavy atom. The molecule has 0 saturated carbocycles. The highest BCUT2D eigenvalue weighted by molar-refractivity contribution is 7.12. The van der Waals surface area contributed by atoms with Crippen molar-refractivity contribution < 1.29 is 9.53 Å². The summed E-state index contributed by atoms with van der Waals surface area (Å²) in [7, 11) is 0. The van der Waals surface area contributed by atoms with Crippen molar-refractivity contribution >= 4 is 17.2 Å². The van der Waals surface area contributed by atoms with Crippen LogP contribution < -0.4 is 10.1 Å². The van der Waals surface area contributed by atoms with Crippen molar-refractivity contribution in [3.63, 3.8) is 0 Å². The highest BCUT2D eigenvalue weighted by Gasteiger charge is 2.33. The molecule has 1 aliphatic rings. The van der Waals surface area contributed by atoms with E-state index in [0.717, 1.165) is 30.7 Å². The molecule has 2 heterocycles. The lowest BCUT2D eigenvalue weighted by molar-refractivity contribution is -0.122. The van der Waals surface area contributed by atoms with E-state index >= 15 is 0 Å². The Hall–Kier alpha value is -2.63. The van der Waals surface area contributed by atoms with Gasteiger partial charge in [0.25, 0.3) is 0 Å². The van der Waals surface area contributed by atoms with Gasteiger partial charge >= 0.3 is 0 Å². The van der Waals surface area contributed by atoms with Gasteiger partial charge in [0.2, 0.25) is 5.91 Å². The molecule has 1 aromatic heterocycles. The number of benzene rings is 2. The van der Waals surface area contributed by atoms with Crippen molar-refractivity contribution in [1.29, 1.82) is 0 Å². The summed E-state index contributed by atoms with van der Waals surface area (Å²) in [5.41, 5.74) is 5.34. The first-order valence-corrected chi connectivity index (χ1v) is 12.7. The van der Waals surface area contributed by atoms with Gasteiger partial charge in [-0.05, 0) is 68.0 Å². The molecule has 0 saturated heterocycles. The molecule has 5 heteroatoms. The molecule has 0 fully saturated rings. The van der Waals surface area contributed by atoms with Gasteiger partial charge in [-0.25, -0.2) is 0 Å². The molecule has 0 bridgehead atoms. The number of thiophene rings is 1. The van der Waals surface area contributed by atoms with E-state index in [2.05, 4.69) is 54.4 Å². The van der Waals surface area contributed by atoms with Gasteiger partial charge in [-0.2, -0.15) is 0 Å². The largest absolute Gasteiger partial charge is 0.491 e. The molecule has 4 rings (SSSR count). The molecule has 33 heavy (non-hydrogen) atoms. The van der Waals surface area contributed by atoms with Crippen molar-refractivity contribution in [2.24, 2.45) is 0 Å². The molecule has 4 nitrogen and oxygen atoms in total. The van der Waals surface area contributed by atoms with Crippen LogP contribution in [0.15, 0.2) is 54.6 Å². The fourth-order valence-electron chi connectivity index (χ4n) is 4.72. The molecule has 3 aromatic rings. The second-order valence-corrected chi connectivity index (χ2v) is 10.2. The normalized spacial score (nSPS) is 16.0. The lowest BCUT2D eigenvalue weighted by Crippen LogP contribution is -2.42. The first-order valence-electron chi connectivity index (χ1n) is 11.9. The van der Waals surface area contributed by atoms with Gasteiger partial charge in [0.15, 0.2) is 0 Å². The Labute approximate surface area is 201 Å². The number of hydrogen-bond donors (Lipinski definition) is 1. The maximum absolute atomic E-state index is 12.9. The average molecular weight is 463 g/mol. The molecule has 174 valence electrons. The number of amides is 1.